The minimum absolute atomic E-state index is 0.570. The third-order valence-electron chi connectivity index (χ3n) is 5.67. The molecular formula is C24H37N5S. The Morgan fingerprint density at radius 1 is 1.07 bits per heavy atom. The average molecular weight is 428 g/mol. The molecule has 30 heavy (non-hydrogen) atoms. The van der Waals surface area contributed by atoms with Crippen LogP contribution in [0.2, 0.25) is 0 Å². The Bertz CT molecular complexity index is 756. The van der Waals surface area contributed by atoms with Gasteiger partial charge in [-0.05, 0) is 61.5 Å². The molecule has 1 fully saturated rings. The Kier molecular flexibility index (Phi) is 9.18. The average Bonchev–Trinajstić information content (AvgIpc) is 3.17. The van der Waals surface area contributed by atoms with Crippen molar-refractivity contribution in [2.45, 2.75) is 32.9 Å². The molecule has 1 aliphatic rings. The van der Waals surface area contributed by atoms with Crippen LogP contribution < -0.4 is 10.6 Å². The van der Waals surface area contributed by atoms with E-state index in [1.807, 2.05) is 18.4 Å². The van der Waals surface area contributed by atoms with Gasteiger partial charge in [-0.3, -0.25) is 9.89 Å². The van der Waals surface area contributed by atoms with E-state index in [0.29, 0.717) is 5.92 Å². The molecule has 1 unspecified atom stereocenters. The fraction of sp³-hybridized carbons (Fsp3) is 0.542. The highest BCUT2D eigenvalue weighted by Crippen LogP contribution is 2.14. The van der Waals surface area contributed by atoms with E-state index in [1.165, 1.54) is 42.1 Å². The molecule has 1 aromatic heterocycles. The zero-order chi connectivity index (χ0) is 21.2. The van der Waals surface area contributed by atoms with Gasteiger partial charge in [-0.1, -0.05) is 37.3 Å². The molecule has 1 aliphatic heterocycles. The summed E-state index contributed by atoms with van der Waals surface area (Å²) < 4.78 is 0. The van der Waals surface area contributed by atoms with E-state index in [-0.39, 0.29) is 0 Å². The van der Waals surface area contributed by atoms with Crippen LogP contribution in [0.4, 0.5) is 0 Å². The lowest BCUT2D eigenvalue weighted by Crippen LogP contribution is -2.39. The van der Waals surface area contributed by atoms with Crippen LogP contribution in [-0.2, 0) is 19.5 Å². The summed E-state index contributed by atoms with van der Waals surface area (Å²) in [4.78, 5) is 10.8. The molecule has 0 bridgehead atoms. The molecule has 2 heterocycles. The van der Waals surface area contributed by atoms with Crippen molar-refractivity contribution in [1.29, 1.82) is 0 Å². The van der Waals surface area contributed by atoms with Crippen molar-refractivity contribution in [2.24, 2.45) is 10.9 Å². The van der Waals surface area contributed by atoms with E-state index in [0.717, 1.165) is 38.6 Å². The molecule has 2 N–H and O–H groups in total. The van der Waals surface area contributed by atoms with Crippen LogP contribution in [-0.4, -0.2) is 62.6 Å². The number of rotatable bonds is 8. The largest absolute Gasteiger partial charge is 0.356 e. The number of nitrogens with one attached hydrogen (secondary N) is 2. The Morgan fingerprint density at radius 3 is 2.60 bits per heavy atom. The smallest absolute Gasteiger partial charge is 0.191 e. The fourth-order valence-electron chi connectivity index (χ4n) is 3.80. The summed E-state index contributed by atoms with van der Waals surface area (Å²) in [7, 11) is 4.05. The molecule has 6 heteroatoms. The number of hydrogen-bond acceptors (Lipinski definition) is 4. The molecule has 0 spiro atoms. The van der Waals surface area contributed by atoms with Crippen LogP contribution in [0.25, 0.3) is 0 Å². The van der Waals surface area contributed by atoms with E-state index in [2.05, 4.69) is 81.2 Å². The van der Waals surface area contributed by atoms with Crippen molar-refractivity contribution in [3.63, 3.8) is 0 Å². The molecule has 3 rings (SSSR count). The van der Waals surface area contributed by atoms with Gasteiger partial charge in [-0.15, -0.1) is 11.3 Å². The number of guanidine groups is 1. The van der Waals surface area contributed by atoms with Gasteiger partial charge in [0.2, 0.25) is 0 Å². The number of hydrogen-bond donors (Lipinski definition) is 2. The Labute approximate surface area is 186 Å². The molecule has 1 atom stereocenters. The number of aliphatic imine (C=N–C) groups is 1. The van der Waals surface area contributed by atoms with Crippen LogP contribution in [0.1, 0.15) is 29.3 Å². The van der Waals surface area contributed by atoms with Gasteiger partial charge in [0.25, 0.3) is 0 Å². The summed E-state index contributed by atoms with van der Waals surface area (Å²) in [5, 5.41) is 9.05. The van der Waals surface area contributed by atoms with Crippen molar-refractivity contribution in [3.8, 4) is 0 Å². The van der Waals surface area contributed by atoms with Crippen molar-refractivity contribution < 1.29 is 0 Å². The SMILES string of the molecule is CN=C(NCc1ccc(CN2CCCN(C)CC2)cc1)NCC(C)Cc1cccs1. The molecule has 2 aromatic rings. The summed E-state index contributed by atoms with van der Waals surface area (Å²) in [6.45, 7) is 9.76. The molecule has 0 amide bonds. The van der Waals surface area contributed by atoms with Crippen molar-refractivity contribution in [2.75, 3.05) is 46.8 Å². The Hall–Kier alpha value is -1.89. The first-order chi connectivity index (χ1) is 14.6. The molecule has 164 valence electrons. The summed E-state index contributed by atoms with van der Waals surface area (Å²) in [5.41, 5.74) is 2.68. The molecule has 0 saturated carbocycles. The highest BCUT2D eigenvalue weighted by molar-refractivity contribution is 7.09. The third-order valence-corrected chi connectivity index (χ3v) is 6.57. The third kappa shape index (κ3) is 7.74. The normalized spacial score (nSPS) is 17.5. The van der Waals surface area contributed by atoms with Gasteiger partial charge in [0.15, 0.2) is 5.96 Å². The molecule has 1 aromatic carbocycles. The highest BCUT2D eigenvalue weighted by atomic mass is 32.1. The van der Waals surface area contributed by atoms with Crippen molar-refractivity contribution in [1.82, 2.24) is 20.4 Å². The number of likely N-dealkylation sites (N-methyl/N-ethyl adjacent to an activating group) is 1. The minimum atomic E-state index is 0.570. The zero-order valence-electron chi connectivity index (χ0n) is 18.7. The number of benzene rings is 1. The predicted octanol–water partition coefficient (Wildman–Crippen LogP) is 3.43. The van der Waals surface area contributed by atoms with Crippen LogP contribution in [0.3, 0.4) is 0 Å². The van der Waals surface area contributed by atoms with Crippen LogP contribution in [0, 0.1) is 5.92 Å². The van der Waals surface area contributed by atoms with E-state index in [1.54, 1.807) is 0 Å². The fourth-order valence-corrected chi connectivity index (χ4v) is 4.67. The molecule has 0 aliphatic carbocycles. The molecule has 0 radical (unpaired) electrons. The maximum Gasteiger partial charge on any atom is 0.191 e. The quantitative estimate of drug-likeness (QED) is 0.500. The first-order valence-electron chi connectivity index (χ1n) is 11.1. The van der Waals surface area contributed by atoms with Crippen LogP contribution in [0.5, 0.6) is 0 Å². The van der Waals surface area contributed by atoms with Crippen molar-refractivity contribution >= 4 is 17.3 Å². The lowest BCUT2D eigenvalue weighted by Gasteiger charge is -2.20. The van der Waals surface area contributed by atoms with E-state index in [9.17, 15) is 0 Å². The van der Waals surface area contributed by atoms with Crippen LogP contribution in [0.15, 0.2) is 46.8 Å². The lowest BCUT2D eigenvalue weighted by molar-refractivity contribution is 0.269. The van der Waals surface area contributed by atoms with Gasteiger partial charge in [-0.25, -0.2) is 0 Å². The summed E-state index contributed by atoms with van der Waals surface area (Å²) in [6, 6.07) is 13.3. The van der Waals surface area contributed by atoms with Crippen LogP contribution >= 0.6 is 11.3 Å². The Morgan fingerprint density at radius 2 is 1.87 bits per heavy atom. The second-order valence-electron chi connectivity index (χ2n) is 8.44. The Balaban J connectivity index is 1.39. The summed E-state index contributed by atoms with van der Waals surface area (Å²) in [6.07, 6.45) is 2.37. The maximum atomic E-state index is 4.37. The van der Waals surface area contributed by atoms with Gasteiger partial charge in [0, 0.05) is 44.6 Å². The monoisotopic (exact) mass is 427 g/mol. The zero-order valence-corrected chi connectivity index (χ0v) is 19.5. The first-order valence-corrected chi connectivity index (χ1v) is 12.0. The number of thiophene rings is 1. The summed E-state index contributed by atoms with van der Waals surface area (Å²) >= 11 is 1.83. The van der Waals surface area contributed by atoms with Gasteiger partial charge in [-0.2, -0.15) is 0 Å². The van der Waals surface area contributed by atoms with E-state index >= 15 is 0 Å². The van der Waals surface area contributed by atoms with Gasteiger partial charge in [0.1, 0.15) is 0 Å². The van der Waals surface area contributed by atoms with Gasteiger partial charge < -0.3 is 15.5 Å². The number of nitrogens with zero attached hydrogens (tertiary/aromatic N) is 3. The predicted molar refractivity (Wildman–Crippen MR) is 129 cm³/mol. The van der Waals surface area contributed by atoms with Gasteiger partial charge >= 0.3 is 0 Å². The highest BCUT2D eigenvalue weighted by Gasteiger charge is 2.12. The lowest BCUT2D eigenvalue weighted by atomic mass is 10.1. The topological polar surface area (TPSA) is 42.9 Å². The van der Waals surface area contributed by atoms with Crippen molar-refractivity contribution in [3.05, 3.63) is 57.8 Å². The van der Waals surface area contributed by atoms with E-state index < -0.39 is 0 Å². The second kappa shape index (κ2) is 12.1. The summed E-state index contributed by atoms with van der Waals surface area (Å²) in [5.74, 6) is 1.44. The minimum Gasteiger partial charge on any atom is -0.356 e. The molecule has 5 nitrogen and oxygen atoms in total. The molecule has 1 saturated heterocycles. The maximum absolute atomic E-state index is 4.37. The first kappa shape index (κ1) is 22.8. The van der Waals surface area contributed by atoms with Gasteiger partial charge in [0.05, 0.1) is 0 Å². The van der Waals surface area contributed by atoms with E-state index in [4.69, 9.17) is 0 Å². The second-order valence-corrected chi connectivity index (χ2v) is 9.48. The standard InChI is InChI=1S/C24H37N5S/c1-20(16-23-6-4-15-30-23)17-26-24(25-2)27-18-21-7-9-22(10-8-21)19-29-12-5-11-28(3)13-14-29/h4,6-10,15,20H,5,11-14,16-19H2,1-3H3,(H2,25,26,27). The molecular weight excluding hydrogens is 390 g/mol.